The van der Waals surface area contributed by atoms with Gasteiger partial charge in [-0.05, 0) is 37.0 Å². The second-order valence-corrected chi connectivity index (χ2v) is 5.15. The summed E-state index contributed by atoms with van der Waals surface area (Å²) in [4.78, 5) is 11.6. The van der Waals surface area contributed by atoms with Crippen LogP contribution in [0.4, 0.5) is 23.7 Å². The number of cyclic esters (lactones) is 1. The first-order valence-corrected chi connectivity index (χ1v) is 6.63. The third-order valence-electron chi connectivity index (χ3n) is 3.52. The van der Waals surface area contributed by atoms with Gasteiger partial charge in [-0.2, -0.15) is 13.2 Å². The lowest BCUT2D eigenvalue weighted by molar-refractivity contribution is -0.239. The van der Waals surface area contributed by atoms with E-state index < -0.39 is 17.9 Å². The molecule has 1 aliphatic heterocycles. The Morgan fingerprint density at radius 3 is 2.73 bits per heavy atom. The Morgan fingerprint density at radius 2 is 2.14 bits per heavy atom. The number of alkyl halides is 3. The van der Waals surface area contributed by atoms with E-state index in [0.29, 0.717) is 0 Å². The highest BCUT2D eigenvalue weighted by Crippen LogP contribution is 2.48. The number of methoxy groups -OCH3 is 1. The second-order valence-electron chi connectivity index (χ2n) is 5.15. The summed E-state index contributed by atoms with van der Waals surface area (Å²) in [5.41, 5.74) is -3.23. The van der Waals surface area contributed by atoms with Crippen LogP contribution in [0.15, 0.2) is 18.2 Å². The zero-order valence-electron chi connectivity index (χ0n) is 11.6. The fourth-order valence-corrected chi connectivity index (χ4v) is 2.19. The van der Waals surface area contributed by atoms with E-state index in [9.17, 15) is 18.0 Å². The Hall–Kier alpha value is -2.36. The lowest BCUT2D eigenvalue weighted by atomic mass is 9.90. The Kier molecular flexibility index (Phi) is 3.20. The minimum absolute atomic E-state index is 0.0134. The first kappa shape index (κ1) is 14.6. The molecule has 2 aliphatic rings. The van der Waals surface area contributed by atoms with Gasteiger partial charge in [-0.15, -0.1) is 0 Å². The smallest absolute Gasteiger partial charge is 0.445 e. The normalized spacial score (nSPS) is 23.5. The molecule has 4 nitrogen and oxygen atoms in total. The molecular formula is C15H12F3NO3. The van der Waals surface area contributed by atoms with Crippen molar-refractivity contribution < 1.29 is 27.4 Å². The first-order valence-electron chi connectivity index (χ1n) is 6.63. The predicted octanol–water partition coefficient (Wildman–Crippen LogP) is 3.43. The summed E-state index contributed by atoms with van der Waals surface area (Å²) >= 11 is 0. The van der Waals surface area contributed by atoms with Crippen LogP contribution in [-0.4, -0.2) is 19.4 Å². The minimum atomic E-state index is -4.87. The van der Waals surface area contributed by atoms with Crippen molar-refractivity contribution in [2.45, 2.75) is 24.6 Å². The summed E-state index contributed by atoms with van der Waals surface area (Å²) in [7, 11) is 1.34. The van der Waals surface area contributed by atoms with Gasteiger partial charge in [0.25, 0.3) is 5.60 Å². The summed E-state index contributed by atoms with van der Waals surface area (Å²) in [6, 6.07) is 3.98. The van der Waals surface area contributed by atoms with Gasteiger partial charge >= 0.3 is 12.3 Å². The Bertz CT molecular complexity index is 685. The highest BCUT2D eigenvalue weighted by atomic mass is 19.4. The summed E-state index contributed by atoms with van der Waals surface area (Å²) in [6.07, 6.45) is -4.52. The number of hydrogen-bond acceptors (Lipinski definition) is 3. The molecule has 116 valence electrons. The molecule has 0 aromatic heterocycles. The zero-order chi connectivity index (χ0) is 16.0. The molecule has 1 atom stereocenters. The van der Waals surface area contributed by atoms with Crippen molar-refractivity contribution in [3.8, 4) is 17.6 Å². The summed E-state index contributed by atoms with van der Waals surface area (Å²) in [5, 5.41) is 2.26. The minimum Gasteiger partial charge on any atom is -0.497 e. The van der Waals surface area contributed by atoms with Gasteiger partial charge in [0, 0.05) is 11.5 Å². The topological polar surface area (TPSA) is 47.6 Å². The molecule has 1 saturated carbocycles. The van der Waals surface area contributed by atoms with Crippen molar-refractivity contribution in [3.05, 3.63) is 23.8 Å². The van der Waals surface area contributed by atoms with Crippen LogP contribution in [0.25, 0.3) is 0 Å². The second kappa shape index (κ2) is 4.83. The molecule has 1 heterocycles. The van der Waals surface area contributed by atoms with Crippen LogP contribution in [0, 0.1) is 17.8 Å². The van der Waals surface area contributed by atoms with Crippen LogP contribution >= 0.6 is 0 Å². The zero-order valence-corrected chi connectivity index (χ0v) is 11.6. The van der Waals surface area contributed by atoms with Crippen LogP contribution in [0.5, 0.6) is 5.75 Å². The van der Waals surface area contributed by atoms with Crippen LogP contribution in [-0.2, 0) is 10.3 Å². The largest absolute Gasteiger partial charge is 0.497 e. The van der Waals surface area contributed by atoms with Crippen molar-refractivity contribution >= 4 is 11.8 Å². The molecule has 1 aromatic carbocycles. The summed E-state index contributed by atoms with van der Waals surface area (Å²) in [5.74, 6) is 4.87. The Labute approximate surface area is 124 Å². The number of amides is 1. The van der Waals surface area contributed by atoms with Crippen molar-refractivity contribution in [3.63, 3.8) is 0 Å². The number of carbonyl (C=O) groups excluding carboxylic acids is 1. The molecule has 1 aromatic rings. The number of anilines is 1. The van der Waals surface area contributed by atoms with Crippen LogP contribution in [0.2, 0.25) is 0 Å². The van der Waals surface area contributed by atoms with E-state index in [1.807, 2.05) is 0 Å². The number of halogens is 3. The summed E-state index contributed by atoms with van der Waals surface area (Å²) in [6.45, 7) is 0. The maximum atomic E-state index is 13.7. The van der Waals surface area contributed by atoms with Crippen LogP contribution < -0.4 is 10.1 Å². The van der Waals surface area contributed by atoms with Gasteiger partial charge in [-0.25, -0.2) is 4.79 Å². The van der Waals surface area contributed by atoms with Crippen molar-refractivity contribution in [1.82, 2.24) is 0 Å². The molecule has 7 heteroatoms. The van der Waals surface area contributed by atoms with Gasteiger partial charge in [0.15, 0.2) is 0 Å². The van der Waals surface area contributed by atoms with Gasteiger partial charge in [0.2, 0.25) is 0 Å². The predicted molar refractivity (Wildman–Crippen MR) is 71.3 cm³/mol. The molecule has 1 amide bonds. The highest BCUT2D eigenvalue weighted by Gasteiger charge is 2.62. The number of fused-ring (bicyclic) bond motifs is 1. The van der Waals surface area contributed by atoms with Crippen LogP contribution in [0.1, 0.15) is 18.4 Å². The highest BCUT2D eigenvalue weighted by molar-refractivity contribution is 5.90. The van der Waals surface area contributed by atoms with E-state index in [4.69, 9.17) is 4.74 Å². The maximum absolute atomic E-state index is 13.7. The van der Waals surface area contributed by atoms with E-state index in [1.165, 1.54) is 25.3 Å². The molecule has 1 fully saturated rings. The maximum Gasteiger partial charge on any atom is 0.445 e. The Morgan fingerprint density at radius 1 is 1.41 bits per heavy atom. The lowest BCUT2D eigenvalue weighted by Gasteiger charge is -2.35. The number of benzene rings is 1. The van der Waals surface area contributed by atoms with Gasteiger partial charge < -0.3 is 9.47 Å². The van der Waals surface area contributed by atoms with Gasteiger partial charge in [0.05, 0.1) is 12.8 Å². The Balaban J connectivity index is 2.21. The lowest BCUT2D eigenvalue weighted by Crippen LogP contribution is -2.49. The van der Waals surface area contributed by atoms with Gasteiger partial charge in [0.1, 0.15) is 5.75 Å². The fraction of sp³-hybridized carbons (Fsp3) is 0.400. The third kappa shape index (κ3) is 2.34. The molecule has 0 unspecified atom stereocenters. The van der Waals surface area contributed by atoms with Crippen LogP contribution in [0.3, 0.4) is 0 Å². The average molecular weight is 311 g/mol. The molecule has 22 heavy (non-hydrogen) atoms. The monoisotopic (exact) mass is 311 g/mol. The molecule has 0 saturated heterocycles. The average Bonchev–Trinajstić information content (AvgIpc) is 3.27. The van der Waals surface area contributed by atoms with E-state index >= 15 is 0 Å². The number of nitrogens with one attached hydrogen (secondary N) is 1. The number of rotatable bonds is 1. The number of carbonyl (C=O) groups is 1. The molecule has 0 bridgehead atoms. The summed E-state index contributed by atoms with van der Waals surface area (Å²) < 4.78 is 50.7. The fourth-order valence-electron chi connectivity index (χ4n) is 2.19. The van der Waals surface area contributed by atoms with Gasteiger partial charge in [-0.1, -0.05) is 5.92 Å². The third-order valence-corrected chi connectivity index (χ3v) is 3.52. The number of hydrogen-bond donors (Lipinski definition) is 1. The van der Waals surface area contributed by atoms with Gasteiger partial charge in [-0.3, -0.25) is 5.32 Å². The molecule has 1 aliphatic carbocycles. The molecule has 3 rings (SSSR count). The van der Waals surface area contributed by atoms with Crippen molar-refractivity contribution in [2.75, 3.05) is 12.4 Å². The number of ether oxygens (including phenoxy) is 2. The molecular weight excluding hydrogens is 299 g/mol. The van der Waals surface area contributed by atoms with Crippen molar-refractivity contribution in [2.24, 2.45) is 5.92 Å². The van der Waals surface area contributed by atoms with E-state index in [-0.39, 0.29) is 22.9 Å². The van der Waals surface area contributed by atoms with E-state index in [1.54, 1.807) is 0 Å². The van der Waals surface area contributed by atoms with Crippen molar-refractivity contribution in [1.29, 1.82) is 0 Å². The molecule has 0 radical (unpaired) electrons. The molecule has 0 spiro atoms. The quantitative estimate of drug-likeness (QED) is 0.808. The first-order chi connectivity index (χ1) is 10.4. The van der Waals surface area contributed by atoms with E-state index in [2.05, 4.69) is 21.9 Å². The molecule has 1 N–H and O–H groups in total. The SMILES string of the molecule is COc1ccc2c(c1)[C@@](C#CC1CC1)(C(F)(F)F)OC(=O)N2. The van der Waals surface area contributed by atoms with E-state index in [0.717, 1.165) is 12.8 Å². The standard InChI is InChI=1S/C15H12F3NO3/c1-21-10-4-5-12-11(8-10)14(15(16,17)18,22-13(20)19-12)7-6-9-2-3-9/h4-5,8-9H,2-3H2,1H3,(H,19,20)/t14-/m0/s1.